The van der Waals surface area contributed by atoms with Gasteiger partial charge >= 0.3 is 5.97 Å². The molecule has 0 atom stereocenters. The number of benzene rings is 2. The van der Waals surface area contributed by atoms with E-state index < -0.39 is 5.97 Å². The number of phenols is 1. The summed E-state index contributed by atoms with van der Waals surface area (Å²) in [5, 5.41) is 19.9. The quantitative estimate of drug-likeness (QED) is 0.500. The number of hydrogen-bond acceptors (Lipinski definition) is 4. The van der Waals surface area contributed by atoms with Crippen molar-refractivity contribution in [2.75, 3.05) is 11.1 Å². The van der Waals surface area contributed by atoms with Crippen LogP contribution in [0.4, 0.5) is 11.4 Å². The second kappa shape index (κ2) is 7.54. The van der Waals surface area contributed by atoms with Crippen molar-refractivity contribution in [3.05, 3.63) is 54.1 Å². The van der Waals surface area contributed by atoms with Crippen LogP contribution in [0.25, 0.3) is 0 Å². The number of para-hydroxylation sites is 1. The van der Waals surface area contributed by atoms with Crippen LogP contribution in [0.1, 0.15) is 17.3 Å². The highest BCUT2D eigenvalue weighted by atomic mass is 16.4. The lowest BCUT2D eigenvalue weighted by molar-refractivity contribution is -0.114. The molecule has 0 saturated carbocycles. The standard InChI is InChI=1S/C8H9NO2.C7H7NO2/c1-6(10)9-7-2-4-8(11)5-3-7;8-6-4-2-1-3-5(6)7(9)10/h2-5,11H,1H3,(H,9,10);1-4H,8H2,(H,9,10). The van der Waals surface area contributed by atoms with E-state index >= 15 is 0 Å². The number of nitrogens with one attached hydrogen (secondary N) is 1. The number of aromatic hydroxyl groups is 1. The molecule has 6 heteroatoms. The second-order valence-electron chi connectivity index (χ2n) is 4.12. The molecule has 0 aliphatic rings. The van der Waals surface area contributed by atoms with Crippen LogP contribution in [-0.4, -0.2) is 22.1 Å². The van der Waals surface area contributed by atoms with Crippen LogP contribution in [0.3, 0.4) is 0 Å². The number of amides is 1. The van der Waals surface area contributed by atoms with Gasteiger partial charge in [-0.2, -0.15) is 0 Å². The van der Waals surface area contributed by atoms with Gasteiger partial charge in [-0.05, 0) is 36.4 Å². The van der Waals surface area contributed by atoms with E-state index in [-0.39, 0.29) is 17.2 Å². The third kappa shape index (κ3) is 5.65. The monoisotopic (exact) mass is 288 g/mol. The topological polar surface area (TPSA) is 113 Å². The summed E-state index contributed by atoms with van der Waals surface area (Å²) in [6.07, 6.45) is 0. The molecular weight excluding hydrogens is 272 g/mol. The van der Waals surface area contributed by atoms with Crippen LogP contribution in [-0.2, 0) is 4.79 Å². The zero-order valence-corrected chi connectivity index (χ0v) is 11.4. The SMILES string of the molecule is CC(=O)Nc1ccc(O)cc1.Nc1ccccc1C(=O)O. The number of carbonyl (C=O) groups is 2. The molecule has 110 valence electrons. The first-order valence-corrected chi connectivity index (χ1v) is 6.04. The normalized spacial score (nSPS) is 9.19. The maximum Gasteiger partial charge on any atom is 0.337 e. The lowest BCUT2D eigenvalue weighted by Gasteiger charge is -1.99. The Morgan fingerprint density at radius 3 is 2.05 bits per heavy atom. The van der Waals surface area contributed by atoms with Gasteiger partial charge in [0.2, 0.25) is 5.91 Å². The molecule has 0 fully saturated rings. The van der Waals surface area contributed by atoms with Gasteiger partial charge in [-0.15, -0.1) is 0 Å². The van der Waals surface area contributed by atoms with Gasteiger partial charge in [0.05, 0.1) is 5.56 Å². The fraction of sp³-hybridized carbons (Fsp3) is 0.0667. The Morgan fingerprint density at radius 2 is 1.62 bits per heavy atom. The molecule has 0 radical (unpaired) electrons. The maximum atomic E-state index is 10.5. The van der Waals surface area contributed by atoms with Crippen molar-refractivity contribution >= 4 is 23.3 Å². The van der Waals surface area contributed by atoms with Crippen LogP contribution in [0, 0.1) is 0 Å². The number of anilines is 2. The third-order valence-electron chi connectivity index (χ3n) is 2.38. The lowest BCUT2D eigenvalue weighted by atomic mass is 10.2. The van der Waals surface area contributed by atoms with Gasteiger partial charge in [0.25, 0.3) is 0 Å². The number of hydrogen-bond donors (Lipinski definition) is 4. The fourth-order valence-electron chi connectivity index (χ4n) is 1.44. The molecule has 5 N–H and O–H groups in total. The predicted molar refractivity (Wildman–Crippen MR) is 80.2 cm³/mol. The minimum Gasteiger partial charge on any atom is -0.508 e. The Morgan fingerprint density at radius 1 is 1.05 bits per heavy atom. The van der Waals surface area contributed by atoms with Gasteiger partial charge in [-0.25, -0.2) is 4.79 Å². The molecule has 21 heavy (non-hydrogen) atoms. The van der Waals surface area contributed by atoms with Crippen molar-refractivity contribution in [1.82, 2.24) is 0 Å². The number of rotatable bonds is 2. The summed E-state index contributed by atoms with van der Waals surface area (Å²) in [6, 6.07) is 12.7. The molecule has 0 saturated heterocycles. The highest BCUT2D eigenvalue weighted by Gasteiger charge is 2.03. The van der Waals surface area contributed by atoms with E-state index in [1.54, 1.807) is 30.3 Å². The minimum atomic E-state index is -0.988. The van der Waals surface area contributed by atoms with Crippen LogP contribution in [0.5, 0.6) is 5.75 Å². The predicted octanol–water partition coefficient (Wildman–Crippen LogP) is 2.32. The van der Waals surface area contributed by atoms with Crippen LogP contribution in [0.15, 0.2) is 48.5 Å². The molecule has 0 spiro atoms. The maximum absolute atomic E-state index is 10.5. The number of phenolic OH excluding ortho intramolecular Hbond substituents is 1. The van der Waals surface area contributed by atoms with Crippen molar-refractivity contribution in [3.63, 3.8) is 0 Å². The number of nitrogen functional groups attached to an aromatic ring is 1. The Bertz CT molecular complexity index is 624. The smallest absolute Gasteiger partial charge is 0.337 e. The van der Waals surface area contributed by atoms with E-state index in [0.717, 1.165) is 0 Å². The first-order chi connectivity index (χ1) is 9.90. The molecule has 0 aromatic heterocycles. The van der Waals surface area contributed by atoms with Crippen molar-refractivity contribution in [3.8, 4) is 5.75 Å². The number of carboxylic acid groups (broad SMARTS) is 1. The molecule has 2 aromatic rings. The Labute approximate surface area is 121 Å². The first kappa shape index (κ1) is 16.0. The molecule has 0 bridgehead atoms. The average Bonchev–Trinajstić information content (AvgIpc) is 2.42. The van der Waals surface area contributed by atoms with E-state index in [1.807, 2.05) is 0 Å². The molecule has 0 aliphatic heterocycles. The molecule has 0 unspecified atom stereocenters. The fourth-order valence-corrected chi connectivity index (χ4v) is 1.44. The zero-order chi connectivity index (χ0) is 15.8. The first-order valence-electron chi connectivity index (χ1n) is 6.04. The third-order valence-corrected chi connectivity index (χ3v) is 2.38. The zero-order valence-electron chi connectivity index (χ0n) is 11.4. The van der Waals surface area contributed by atoms with E-state index in [9.17, 15) is 9.59 Å². The van der Waals surface area contributed by atoms with Gasteiger partial charge in [-0.3, -0.25) is 4.79 Å². The molecule has 0 heterocycles. The molecule has 6 nitrogen and oxygen atoms in total. The number of nitrogens with two attached hydrogens (primary N) is 1. The van der Waals surface area contributed by atoms with Crippen LogP contribution < -0.4 is 11.1 Å². The van der Waals surface area contributed by atoms with Gasteiger partial charge in [0.15, 0.2) is 0 Å². The molecule has 2 aromatic carbocycles. The largest absolute Gasteiger partial charge is 0.508 e. The van der Waals surface area contributed by atoms with E-state index in [2.05, 4.69) is 5.32 Å². The number of carbonyl (C=O) groups excluding carboxylic acids is 1. The summed E-state index contributed by atoms with van der Waals surface area (Å²) in [6.45, 7) is 1.44. The molecule has 2 rings (SSSR count). The number of carboxylic acids is 1. The summed E-state index contributed by atoms with van der Waals surface area (Å²) >= 11 is 0. The Hall–Kier alpha value is -3.02. The summed E-state index contributed by atoms with van der Waals surface area (Å²) in [7, 11) is 0. The minimum absolute atomic E-state index is 0.115. The van der Waals surface area contributed by atoms with Crippen LogP contribution in [0.2, 0.25) is 0 Å². The van der Waals surface area contributed by atoms with Crippen LogP contribution >= 0.6 is 0 Å². The molecule has 1 amide bonds. The highest BCUT2D eigenvalue weighted by Crippen LogP contribution is 2.13. The van der Waals surface area contributed by atoms with Crippen molar-refractivity contribution in [1.29, 1.82) is 0 Å². The summed E-state index contributed by atoms with van der Waals surface area (Å²) in [5.74, 6) is -0.909. The summed E-state index contributed by atoms with van der Waals surface area (Å²) in [4.78, 5) is 20.9. The average molecular weight is 288 g/mol. The van der Waals surface area contributed by atoms with E-state index in [1.165, 1.54) is 25.1 Å². The van der Waals surface area contributed by atoms with Gasteiger partial charge < -0.3 is 21.3 Å². The highest BCUT2D eigenvalue weighted by molar-refractivity contribution is 5.93. The molecular formula is C15H16N2O4. The molecule has 0 aliphatic carbocycles. The van der Waals surface area contributed by atoms with Crippen molar-refractivity contribution < 1.29 is 19.8 Å². The van der Waals surface area contributed by atoms with Gasteiger partial charge in [0, 0.05) is 18.3 Å². The second-order valence-corrected chi connectivity index (χ2v) is 4.12. The van der Waals surface area contributed by atoms with Gasteiger partial charge in [-0.1, -0.05) is 12.1 Å². The van der Waals surface area contributed by atoms with Crippen molar-refractivity contribution in [2.45, 2.75) is 6.92 Å². The number of aromatic carboxylic acids is 1. The van der Waals surface area contributed by atoms with Crippen molar-refractivity contribution in [2.24, 2.45) is 0 Å². The van der Waals surface area contributed by atoms with Gasteiger partial charge in [0.1, 0.15) is 5.75 Å². The summed E-state index contributed by atoms with van der Waals surface area (Å²) in [5.41, 5.74) is 6.49. The van der Waals surface area contributed by atoms with E-state index in [4.69, 9.17) is 15.9 Å². The lowest BCUT2D eigenvalue weighted by Crippen LogP contribution is -2.04. The summed E-state index contributed by atoms with van der Waals surface area (Å²) < 4.78 is 0. The Kier molecular flexibility index (Phi) is 5.76. The Balaban J connectivity index is 0.000000211. The van der Waals surface area contributed by atoms with E-state index in [0.29, 0.717) is 11.4 Å².